The van der Waals surface area contributed by atoms with Gasteiger partial charge in [0.05, 0.1) is 6.61 Å². The summed E-state index contributed by atoms with van der Waals surface area (Å²) in [5, 5.41) is 0. The third-order valence-electron chi connectivity index (χ3n) is 4.43. The standard InChI is InChI=1S/C15H23N3O3S/c1-16(2)22(19,20)18-10-8-17(9-11-18)14-7-12-21-15-6-4-3-5-13(14)15/h3-6,14H,7-12H2,1-2H3. The van der Waals surface area contributed by atoms with Gasteiger partial charge in [-0.2, -0.15) is 17.0 Å². The van der Waals surface area contributed by atoms with Gasteiger partial charge in [-0.05, 0) is 6.07 Å². The van der Waals surface area contributed by atoms with Crippen LogP contribution in [0.4, 0.5) is 0 Å². The maximum Gasteiger partial charge on any atom is 0.281 e. The molecule has 2 aliphatic heterocycles. The summed E-state index contributed by atoms with van der Waals surface area (Å²) in [6.45, 7) is 3.32. The molecule has 0 amide bonds. The highest BCUT2D eigenvalue weighted by atomic mass is 32.2. The molecule has 1 aromatic rings. The third-order valence-corrected chi connectivity index (χ3v) is 6.37. The first-order valence-electron chi connectivity index (χ1n) is 7.63. The van der Waals surface area contributed by atoms with Gasteiger partial charge in [0.1, 0.15) is 5.75 Å². The Morgan fingerprint density at radius 3 is 2.50 bits per heavy atom. The number of benzene rings is 1. The normalized spacial score (nSPS) is 24.0. The Morgan fingerprint density at radius 2 is 1.82 bits per heavy atom. The van der Waals surface area contributed by atoms with E-state index in [9.17, 15) is 8.42 Å². The van der Waals surface area contributed by atoms with E-state index in [0.29, 0.717) is 19.1 Å². The maximum atomic E-state index is 12.2. The first-order chi connectivity index (χ1) is 10.5. The second kappa shape index (κ2) is 6.16. The molecule has 1 fully saturated rings. The molecule has 122 valence electrons. The zero-order chi connectivity index (χ0) is 15.7. The van der Waals surface area contributed by atoms with Crippen LogP contribution in [0.15, 0.2) is 24.3 Å². The van der Waals surface area contributed by atoms with Gasteiger partial charge in [-0.3, -0.25) is 4.90 Å². The number of hydrogen-bond donors (Lipinski definition) is 0. The lowest BCUT2D eigenvalue weighted by molar-refractivity contribution is 0.101. The summed E-state index contributed by atoms with van der Waals surface area (Å²) < 4.78 is 32.9. The Bertz CT molecular complexity index is 625. The maximum absolute atomic E-state index is 12.2. The van der Waals surface area contributed by atoms with Gasteiger partial charge in [0.25, 0.3) is 10.2 Å². The van der Waals surface area contributed by atoms with Crippen LogP contribution >= 0.6 is 0 Å². The minimum absolute atomic E-state index is 0.328. The van der Waals surface area contributed by atoms with E-state index in [2.05, 4.69) is 11.0 Å². The molecule has 0 bridgehead atoms. The molecule has 1 unspecified atom stereocenters. The fourth-order valence-electron chi connectivity index (χ4n) is 3.18. The average Bonchev–Trinajstić information content (AvgIpc) is 2.54. The molecule has 1 atom stereocenters. The summed E-state index contributed by atoms with van der Waals surface area (Å²) in [4.78, 5) is 2.38. The van der Waals surface area contributed by atoms with E-state index < -0.39 is 10.2 Å². The molecule has 0 aliphatic carbocycles. The van der Waals surface area contributed by atoms with Crippen LogP contribution in [0, 0.1) is 0 Å². The van der Waals surface area contributed by atoms with Crippen LogP contribution in [-0.4, -0.2) is 68.8 Å². The van der Waals surface area contributed by atoms with Crippen LogP contribution in [0.1, 0.15) is 18.0 Å². The summed E-state index contributed by atoms with van der Waals surface area (Å²) in [6.07, 6.45) is 0.956. The number of nitrogens with zero attached hydrogens (tertiary/aromatic N) is 3. The van der Waals surface area contributed by atoms with Crippen molar-refractivity contribution in [2.75, 3.05) is 46.9 Å². The SMILES string of the molecule is CN(C)S(=O)(=O)N1CCN(C2CCOc3ccccc32)CC1. The lowest BCUT2D eigenvalue weighted by Gasteiger charge is -2.41. The second-order valence-electron chi connectivity index (χ2n) is 5.92. The fraction of sp³-hybridized carbons (Fsp3) is 0.600. The topological polar surface area (TPSA) is 53.1 Å². The second-order valence-corrected chi connectivity index (χ2v) is 8.06. The van der Waals surface area contributed by atoms with Crippen LogP contribution in [0.3, 0.4) is 0 Å². The summed E-state index contributed by atoms with van der Waals surface area (Å²) in [6, 6.07) is 8.47. The molecule has 0 radical (unpaired) electrons. The van der Waals surface area contributed by atoms with E-state index in [-0.39, 0.29) is 0 Å². The molecule has 3 rings (SSSR count). The molecule has 2 heterocycles. The van der Waals surface area contributed by atoms with Crippen molar-refractivity contribution in [2.45, 2.75) is 12.5 Å². The van der Waals surface area contributed by atoms with Crippen LogP contribution in [0.25, 0.3) is 0 Å². The van der Waals surface area contributed by atoms with Gasteiger partial charge in [-0.1, -0.05) is 18.2 Å². The molecule has 0 spiro atoms. The number of rotatable bonds is 3. The number of para-hydroxylation sites is 1. The van der Waals surface area contributed by atoms with E-state index in [4.69, 9.17) is 4.74 Å². The number of piperazine rings is 1. The van der Waals surface area contributed by atoms with Crippen LogP contribution in [0.2, 0.25) is 0 Å². The average molecular weight is 325 g/mol. The molecular formula is C15H23N3O3S. The zero-order valence-corrected chi connectivity index (χ0v) is 13.9. The Hall–Kier alpha value is -1.15. The van der Waals surface area contributed by atoms with Crippen molar-refractivity contribution in [1.82, 2.24) is 13.5 Å². The van der Waals surface area contributed by atoms with Crippen molar-refractivity contribution >= 4 is 10.2 Å². The highest BCUT2D eigenvalue weighted by Crippen LogP contribution is 2.36. The first-order valence-corrected chi connectivity index (χ1v) is 9.03. The van der Waals surface area contributed by atoms with E-state index in [1.54, 1.807) is 18.4 Å². The first kappa shape index (κ1) is 15.7. The number of hydrogen-bond acceptors (Lipinski definition) is 4. The summed E-state index contributed by atoms with van der Waals surface area (Å²) >= 11 is 0. The van der Waals surface area contributed by atoms with Gasteiger partial charge in [0.15, 0.2) is 0 Å². The lowest BCUT2D eigenvalue weighted by atomic mass is 9.98. The van der Waals surface area contributed by atoms with Gasteiger partial charge in [0.2, 0.25) is 0 Å². The molecule has 7 heteroatoms. The largest absolute Gasteiger partial charge is 0.493 e. The Balaban J connectivity index is 1.71. The number of fused-ring (bicyclic) bond motifs is 1. The Labute approximate surface area is 132 Å². The van der Waals surface area contributed by atoms with E-state index in [1.165, 1.54) is 9.87 Å². The van der Waals surface area contributed by atoms with Crippen molar-refractivity contribution in [3.63, 3.8) is 0 Å². The summed E-state index contributed by atoms with van der Waals surface area (Å²) in [5.74, 6) is 0.960. The molecule has 1 saturated heterocycles. The van der Waals surface area contributed by atoms with Crippen LogP contribution in [0.5, 0.6) is 5.75 Å². The molecule has 22 heavy (non-hydrogen) atoms. The Kier molecular flexibility index (Phi) is 4.40. The van der Waals surface area contributed by atoms with Gasteiger partial charge in [0, 0.05) is 58.3 Å². The molecule has 0 N–H and O–H groups in total. The lowest BCUT2D eigenvalue weighted by Crippen LogP contribution is -2.52. The predicted octanol–water partition coefficient (Wildman–Crippen LogP) is 0.934. The fourth-order valence-corrected chi connectivity index (χ4v) is 4.27. The van der Waals surface area contributed by atoms with E-state index in [0.717, 1.165) is 31.9 Å². The van der Waals surface area contributed by atoms with Crippen molar-refractivity contribution in [3.05, 3.63) is 29.8 Å². The van der Waals surface area contributed by atoms with Crippen molar-refractivity contribution < 1.29 is 13.2 Å². The monoisotopic (exact) mass is 325 g/mol. The van der Waals surface area contributed by atoms with Crippen molar-refractivity contribution in [2.24, 2.45) is 0 Å². The predicted molar refractivity (Wildman–Crippen MR) is 85.0 cm³/mol. The highest BCUT2D eigenvalue weighted by Gasteiger charge is 2.33. The molecule has 0 aromatic heterocycles. The quantitative estimate of drug-likeness (QED) is 0.830. The summed E-state index contributed by atoms with van der Waals surface area (Å²) in [5.41, 5.74) is 1.22. The minimum atomic E-state index is -3.30. The van der Waals surface area contributed by atoms with E-state index >= 15 is 0 Å². The van der Waals surface area contributed by atoms with Crippen molar-refractivity contribution in [1.29, 1.82) is 0 Å². The molecule has 6 nitrogen and oxygen atoms in total. The minimum Gasteiger partial charge on any atom is -0.493 e. The zero-order valence-electron chi connectivity index (χ0n) is 13.1. The van der Waals surface area contributed by atoms with Gasteiger partial charge >= 0.3 is 0 Å². The summed E-state index contributed by atoms with van der Waals surface area (Å²) in [7, 11) is -0.140. The van der Waals surface area contributed by atoms with Gasteiger partial charge < -0.3 is 4.74 Å². The smallest absolute Gasteiger partial charge is 0.281 e. The Morgan fingerprint density at radius 1 is 1.14 bits per heavy atom. The molecular weight excluding hydrogens is 302 g/mol. The van der Waals surface area contributed by atoms with Crippen molar-refractivity contribution in [3.8, 4) is 5.75 Å². The van der Waals surface area contributed by atoms with E-state index in [1.807, 2.05) is 18.2 Å². The van der Waals surface area contributed by atoms with Gasteiger partial charge in [-0.25, -0.2) is 0 Å². The van der Waals surface area contributed by atoms with Crippen LogP contribution < -0.4 is 4.74 Å². The highest BCUT2D eigenvalue weighted by molar-refractivity contribution is 7.86. The molecule has 0 saturated carbocycles. The number of ether oxygens (including phenoxy) is 1. The van der Waals surface area contributed by atoms with Crippen LogP contribution in [-0.2, 0) is 10.2 Å². The third kappa shape index (κ3) is 2.86. The molecule has 1 aromatic carbocycles. The molecule has 2 aliphatic rings. The van der Waals surface area contributed by atoms with Gasteiger partial charge in [-0.15, -0.1) is 0 Å².